The molecule has 1 aliphatic carbocycles. The van der Waals surface area contributed by atoms with Gasteiger partial charge in [0.15, 0.2) is 0 Å². The van der Waals surface area contributed by atoms with Crippen molar-refractivity contribution < 1.29 is 4.39 Å². The molecule has 1 heterocycles. The molecule has 0 spiro atoms. The molecule has 21 heavy (non-hydrogen) atoms. The van der Waals surface area contributed by atoms with E-state index < -0.39 is 0 Å². The summed E-state index contributed by atoms with van der Waals surface area (Å²) in [5, 5.41) is 0.991. The molecule has 1 fully saturated rings. The van der Waals surface area contributed by atoms with Gasteiger partial charge in [0.2, 0.25) is 0 Å². The van der Waals surface area contributed by atoms with Crippen molar-refractivity contribution in [1.82, 2.24) is 9.88 Å². The number of pyridine rings is 1. The van der Waals surface area contributed by atoms with Crippen molar-refractivity contribution in [2.45, 2.75) is 44.6 Å². The molecule has 3 rings (SSSR count). The molecule has 0 unspecified atom stereocenters. The first kappa shape index (κ1) is 14.5. The second-order valence-corrected chi connectivity index (χ2v) is 6.14. The number of hydrogen-bond acceptors (Lipinski definition) is 2. The number of fused-ring (bicyclic) bond motifs is 1. The summed E-state index contributed by atoms with van der Waals surface area (Å²) in [6.07, 6.45) is 6.69. The van der Waals surface area contributed by atoms with Crippen molar-refractivity contribution in [2.75, 3.05) is 13.6 Å². The molecule has 0 amide bonds. The first-order valence-corrected chi connectivity index (χ1v) is 7.93. The van der Waals surface area contributed by atoms with Crippen LogP contribution in [-0.2, 0) is 0 Å². The van der Waals surface area contributed by atoms with Gasteiger partial charge in [-0.15, -0.1) is 0 Å². The van der Waals surface area contributed by atoms with Crippen molar-refractivity contribution in [3.05, 3.63) is 41.8 Å². The molecule has 2 nitrogen and oxygen atoms in total. The summed E-state index contributed by atoms with van der Waals surface area (Å²) in [6.45, 7) is 3.32. The fraction of sp³-hybridized carbons (Fsp3) is 0.500. The van der Waals surface area contributed by atoms with Gasteiger partial charge in [0.1, 0.15) is 5.82 Å². The van der Waals surface area contributed by atoms with Crippen LogP contribution in [0.1, 0.15) is 44.1 Å². The van der Waals surface area contributed by atoms with Crippen LogP contribution in [-0.4, -0.2) is 29.5 Å². The van der Waals surface area contributed by atoms with Crippen LogP contribution in [0.4, 0.5) is 4.39 Å². The maximum Gasteiger partial charge on any atom is 0.123 e. The molecule has 0 atom stereocenters. The Labute approximate surface area is 126 Å². The Morgan fingerprint density at radius 2 is 1.95 bits per heavy atom. The standard InChI is InChI=1S/C18H23FN2/c1-3-21(2)15-7-4-13(5-8-15)16-10-11-20-18-9-6-14(19)12-17(16)18/h6,9-13,15H,3-5,7-8H2,1-2H3. The Morgan fingerprint density at radius 1 is 1.19 bits per heavy atom. The van der Waals surface area contributed by atoms with Crippen molar-refractivity contribution >= 4 is 10.9 Å². The summed E-state index contributed by atoms with van der Waals surface area (Å²) in [4.78, 5) is 6.80. The van der Waals surface area contributed by atoms with Crippen LogP contribution in [0.15, 0.2) is 30.5 Å². The maximum atomic E-state index is 13.6. The summed E-state index contributed by atoms with van der Waals surface area (Å²) >= 11 is 0. The minimum absolute atomic E-state index is 0.170. The van der Waals surface area contributed by atoms with Crippen LogP contribution in [0.25, 0.3) is 10.9 Å². The zero-order valence-corrected chi connectivity index (χ0v) is 12.8. The van der Waals surface area contributed by atoms with Gasteiger partial charge in [-0.1, -0.05) is 6.92 Å². The first-order valence-electron chi connectivity index (χ1n) is 7.93. The normalized spacial score (nSPS) is 22.9. The van der Waals surface area contributed by atoms with Gasteiger partial charge in [0.25, 0.3) is 0 Å². The van der Waals surface area contributed by atoms with Crippen LogP contribution in [0.5, 0.6) is 0 Å². The summed E-state index contributed by atoms with van der Waals surface area (Å²) < 4.78 is 13.6. The predicted molar refractivity (Wildman–Crippen MR) is 85.0 cm³/mol. The summed E-state index contributed by atoms with van der Waals surface area (Å²) in [6, 6.07) is 7.70. The zero-order chi connectivity index (χ0) is 14.8. The molecule has 0 radical (unpaired) electrons. The molecule has 1 saturated carbocycles. The number of hydrogen-bond donors (Lipinski definition) is 0. The van der Waals surface area contributed by atoms with Crippen molar-refractivity contribution in [3.63, 3.8) is 0 Å². The first-order chi connectivity index (χ1) is 10.2. The topological polar surface area (TPSA) is 16.1 Å². The Hall–Kier alpha value is -1.48. The molecule has 3 heteroatoms. The molecule has 0 bridgehead atoms. The van der Waals surface area contributed by atoms with Crippen LogP contribution >= 0.6 is 0 Å². The van der Waals surface area contributed by atoms with Gasteiger partial charge in [0, 0.05) is 17.6 Å². The van der Waals surface area contributed by atoms with Crippen LogP contribution in [0, 0.1) is 5.82 Å². The van der Waals surface area contributed by atoms with Crippen LogP contribution < -0.4 is 0 Å². The van der Waals surface area contributed by atoms with Gasteiger partial charge in [-0.2, -0.15) is 0 Å². The quantitative estimate of drug-likeness (QED) is 0.834. The number of rotatable bonds is 3. The summed E-state index contributed by atoms with van der Waals surface area (Å²) in [5.41, 5.74) is 2.18. The molecule has 0 N–H and O–H groups in total. The van der Waals surface area contributed by atoms with Crippen molar-refractivity contribution in [1.29, 1.82) is 0 Å². The second-order valence-electron chi connectivity index (χ2n) is 6.14. The van der Waals surface area contributed by atoms with E-state index >= 15 is 0 Å². The van der Waals surface area contributed by atoms with E-state index in [0.29, 0.717) is 12.0 Å². The molecule has 1 aromatic carbocycles. The summed E-state index contributed by atoms with van der Waals surface area (Å²) in [5.74, 6) is 0.370. The van der Waals surface area contributed by atoms with E-state index in [1.54, 1.807) is 12.1 Å². The largest absolute Gasteiger partial charge is 0.304 e. The summed E-state index contributed by atoms with van der Waals surface area (Å²) in [7, 11) is 2.21. The number of nitrogens with zero attached hydrogens (tertiary/aromatic N) is 2. The second kappa shape index (κ2) is 6.10. The van der Waals surface area contributed by atoms with Gasteiger partial charge >= 0.3 is 0 Å². The lowest BCUT2D eigenvalue weighted by Gasteiger charge is -2.34. The predicted octanol–water partition coefficient (Wildman–Crippen LogP) is 4.35. The highest BCUT2D eigenvalue weighted by Crippen LogP contribution is 2.37. The van der Waals surface area contributed by atoms with Gasteiger partial charge in [-0.3, -0.25) is 4.98 Å². The third-order valence-corrected chi connectivity index (χ3v) is 5.00. The molecule has 0 aliphatic heterocycles. The molecule has 0 saturated heterocycles. The lowest BCUT2D eigenvalue weighted by atomic mass is 9.80. The smallest absolute Gasteiger partial charge is 0.123 e. The van der Waals surface area contributed by atoms with E-state index in [0.717, 1.165) is 17.4 Å². The average Bonchev–Trinajstić information content (AvgIpc) is 2.53. The van der Waals surface area contributed by atoms with Gasteiger partial charge in [-0.05, 0) is 75.0 Å². The van der Waals surface area contributed by atoms with Gasteiger partial charge < -0.3 is 4.90 Å². The highest BCUT2D eigenvalue weighted by Gasteiger charge is 2.25. The molecule has 1 aromatic heterocycles. The van der Waals surface area contributed by atoms with Crippen molar-refractivity contribution in [3.8, 4) is 0 Å². The minimum Gasteiger partial charge on any atom is -0.304 e. The van der Waals surface area contributed by atoms with E-state index in [-0.39, 0.29) is 5.82 Å². The molecule has 1 aliphatic rings. The fourth-order valence-electron chi connectivity index (χ4n) is 3.58. The fourth-order valence-corrected chi connectivity index (χ4v) is 3.58. The highest BCUT2D eigenvalue weighted by molar-refractivity contribution is 5.82. The van der Waals surface area contributed by atoms with E-state index in [1.807, 2.05) is 6.20 Å². The zero-order valence-electron chi connectivity index (χ0n) is 12.8. The Balaban J connectivity index is 1.84. The lowest BCUT2D eigenvalue weighted by Crippen LogP contribution is -2.34. The Bertz CT molecular complexity index is 618. The van der Waals surface area contributed by atoms with Crippen molar-refractivity contribution in [2.24, 2.45) is 0 Å². The number of halogens is 1. The monoisotopic (exact) mass is 286 g/mol. The molecule has 2 aromatic rings. The Morgan fingerprint density at radius 3 is 2.67 bits per heavy atom. The highest BCUT2D eigenvalue weighted by atomic mass is 19.1. The third-order valence-electron chi connectivity index (χ3n) is 5.00. The molecular formula is C18H23FN2. The van der Waals surface area contributed by atoms with E-state index in [4.69, 9.17) is 0 Å². The van der Waals surface area contributed by atoms with E-state index in [1.165, 1.54) is 37.3 Å². The maximum absolute atomic E-state index is 13.6. The van der Waals surface area contributed by atoms with E-state index in [9.17, 15) is 4.39 Å². The van der Waals surface area contributed by atoms with E-state index in [2.05, 4.69) is 29.9 Å². The number of aromatic nitrogens is 1. The number of benzene rings is 1. The SMILES string of the molecule is CCN(C)C1CCC(c2ccnc3ccc(F)cc23)CC1. The third kappa shape index (κ3) is 2.93. The molecular weight excluding hydrogens is 263 g/mol. The average molecular weight is 286 g/mol. The minimum atomic E-state index is -0.170. The molecule has 112 valence electrons. The van der Waals surface area contributed by atoms with Gasteiger partial charge in [0.05, 0.1) is 5.52 Å². The lowest BCUT2D eigenvalue weighted by molar-refractivity contribution is 0.190. The Kier molecular flexibility index (Phi) is 4.20. The van der Waals surface area contributed by atoms with Crippen LogP contribution in [0.2, 0.25) is 0 Å². The van der Waals surface area contributed by atoms with Gasteiger partial charge in [-0.25, -0.2) is 4.39 Å². The van der Waals surface area contributed by atoms with Crippen LogP contribution in [0.3, 0.4) is 0 Å².